The standard InChI is InChI=1S/C12H22N6OP.C7H7NO2.ClH/c1-15(2)20(16(3)4,17(5)6)19-18-12-10-8-7-9-11(12)13-14-18;9-7(10)4-6-2-1-3-8-5-6;/h7-10H,1-6H3;1-3,5H,4H2,(H,9,10);1H/q+1;;/p-1. The summed E-state index contributed by atoms with van der Waals surface area (Å²) in [5.74, 6) is -1.08. The summed E-state index contributed by atoms with van der Waals surface area (Å²) < 4.78 is 12.5. The fourth-order valence-electron chi connectivity index (χ4n) is 2.97. The zero-order valence-electron chi connectivity index (χ0n) is 18.5. The van der Waals surface area contributed by atoms with E-state index < -0.39 is 13.9 Å². The molecule has 0 spiro atoms. The van der Waals surface area contributed by atoms with Gasteiger partial charge in [0.25, 0.3) is 0 Å². The molecule has 10 nitrogen and oxygen atoms in total. The van der Waals surface area contributed by atoms with Gasteiger partial charge in [-0.15, -0.1) is 31.5 Å². The zero-order chi connectivity index (χ0) is 22.3. The maximum Gasteiger partial charge on any atom is 0.449 e. The Bertz CT molecular complexity index is 932. The van der Waals surface area contributed by atoms with Gasteiger partial charge in [0.05, 0.1) is 0 Å². The Morgan fingerprint density at radius 1 is 1.03 bits per heavy atom. The fraction of sp³-hybridized carbons (Fsp3) is 0.368. The van der Waals surface area contributed by atoms with Crippen LogP contribution >= 0.6 is 20.3 Å². The van der Waals surface area contributed by atoms with E-state index in [0.29, 0.717) is 5.56 Å². The zero-order valence-corrected chi connectivity index (χ0v) is 20.2. The SMILES string of the molecule is CN(C)[P+](On1nnc2ccccc21)(N(C)C)N(C)C.Cl.O=C([O-])Cc1cccnc1. The molecule has 0 atom stereocenters. The number of carboxylic acids is 1. The van der Waals surface area contributed by atoms with E-state index in [1.54, 1.807) is 18.3 Å². The number of carboxylic acid groups (broad SMARTS) is 1. The van der Waals surface area contributed by atoms with Gasteiger partial charge in [0, 0.05) is 67.1 Å². The summed E-state index contributed by atoms with van der Waals surface area (Å²) in [5, 5.41) is 18.3. The predicted molar refractivity (Wildman–Crippen MR) is 122 cm³/mol. The summed E-state index contributed by atoms with van der Waals surface area (Å²) in [6.45, 7) is 0. The molecule has 2 heterocycles. The molecule has 3 aromatic rings. The number of fused-ring (bicyclic) bond motifs is 1. The maximum atomic E-state index is 10.0. The number of rotatable bonds is 7. The molecule has 0 aliphatic carbocycles. The van der Waals surface area contributed by atoms with Crippen LogP contribution in [0, 0.1) is 0 Å². The Morgan fingerprint density at radius 2 is 1.65 bits per heavy atom. The Balaban J connectivity index is 0.000000370. The van der Waals surface area contributed by atoms with Crippen LogP contribution in [0.25, 0.3) is 11.0 Å². The van der Waals surface area contributed by atoms with Crippen molar-refractivity contribution < 1.29 is 14.5 Å². The molecule has 0 N–H and O–H groups in total. The lowest BCUT2D eigenvalue weighted by molar-refractivity contribution is -0.304. The quantitative estimate of drug-likeness (QED) is 0.469. The molecule has 0 amide bonds. The third-order valence-electron chi connectivity index (χ3n) is 4.14. The molecule has 0 radical (unpaired) electrons. The minimum Gasteiger partial charge on any atom is -0.550 e. The van der Waals surface area contributed by atoms with Crippen molar-refractivity contribution in [2.24, 2.45) is 0 Å². The molecule has 2 aromatic heterocycles. The molecule has 0 aliphatic heterocycles. The third-order valence-corrected chi connectivity index (χ3v) is 7.64. The summed E-state index contributed by atoms with van der Waals surface area (Å²) in [4.78, 5) is 15.3. The van der Waals surface area contributed by atoms with Gasteiger partial charge in [0.2, 0.25) is 0 Å². The minimum atomic E-state index is -2.14. The van der Waals surface area contributed by atoms with E-state index in [1.807, 2.05) is 66.6 Å². The van der Waals surface area contributed by atoms with E-state index in [9.17, 15) is 9.90 Å². The molecule has 170 valence electrons. The average molecular weight is 470 g/mol. The molecule has 0 fully saturated rings. The van der Waals surface area contributed by atoms with Gasteiger partial charge in [0.1, 0.15) is 11.0 Å². The van der Waals surface area contributed by atoms with Crippen LogP contribution < -0.4 is 9.73 Å². The molecular weight excluding hydrogens is 441 g/mol. The molecule has 12 heteroatoms. The number of aliphatic carboxylic acids is 1. The van der Waals surface area contributed by atoms with Gasteiger partial charge in [-0.3, -0.25) is 4.98 Å². The number of carbonyl (C=O) groups is 1. The third kappa shape index (κ3) is 6.56. The monoisotopic (exact) mass is 469 g/mol. The average Bonchev–Trinajstić information content (AvgIpc) is 3.09. The fourth-order valence-corrected chi connectivity index (χ4v) is 5.89. The summed E-state index contributed by atoms with van der Waals surface area (Å²) >= 11 is 0. The molecule has 0 saturated carbocycles. The number of para-hydroxylation sites is 1. The highest BCUT2D eigenvalue weighted by atomic mass is 35.5. The first-order valence-corrected chi connectivity index (χ1v) is 10.8. The van der Waals surface area contributed by atoms with Crippen molar-refractivity contribution in [3.05, 3.63) is 54.4 Å². The van der Waals surface area contributed by atoms with E-state index in [2.05, 4.69) is 29.3 Å². The second kappa shape index (κ2) is 11.9. The topological polar surface area (TPSA) is 103 Å². The van der Waals surface area contributed by atoms with E-state index in [1.165, 1.54) is 11.0 Å². The Kier molecular flexibility index (Phi) is 10.2. The molecule has 0 saturated heterocycles. The van der Waals surface area contributed by atoms with Crippen LogP contribution in [-0.4, -0.2) is 82.4 Å². The highest BCUT2D eigenvalue weighted by Crippen LogP contribution is 2.61. The van der Waals surface area contributed by atoms with Crippen LogP contribution in [0.15, 0.2) is 48.8 Å². The van der Waals surface area contributed by atoms with Crippen molar-refractivity contribution >= 4 is 37.4 Å². The van der Waals surface area contributed by atoms with Crippen LogP contribution in [0.4, 0.5) is 0 Å². The highest BCUT2D eigenvalue weighted by molar-refractivity contribution is 7.64. The first kappa shape index (κ1) is 26.7. The van der Waals surface area contributed by atoms with Gasteiger partial charge in [-0.2, -0.15) is 4.62 Å². The first-order valence-electron chi connectivity index (χ1n) is 9.20. The van der Waals surface area contributed by atoms with Gasteiger partial charge >= 0.3 is 7.94 Å². The number of aromatic nitrogens is 4. The van der Waals surface area contributed by atoms with Crippen molar-refractivity contribution in [1.82, 2.24) is 34.2 Å². The Hall–Kier alpha value is -2.36. The molecule has 3 rings (SSSR count). The normalized spacial score (nSPS) is 11.3. The summed E-state index contributed by atoms with van der Waals surface area (Å²) in [6.07, 6.45) is 3.04. The highest BCUT2D eigenvalue weighted by Gasteiger charge is 2.54. The van der Waals surface area contributed by atoms with Crippen molar-refractivity contribution in [2.45, 2.75) is 6.42 Å². The van der Waals surface area contributed by atoms with Gasteiger partial charge < -0.3 is 9.90 Å². The van der Waals surface area contributed by atoms with E-state index in [4.69, 9.17) is 4.62 Å². The van der Waals surface area contributed by atoms with E-state index >= 15 is 0 Å². The number of nitrogens with zero attached hydrogens (tertiary/aromatic N) is 7. The second-order valence-corrected chi connectivity index (χ2v) is 10.6. The van der Waals surface area contributed by atoms with Crippen LogP contribution in [0.1, 0.15) is 5.56 Å². The van der Waals surface area contributed by atoms with Crippen molar-refractivity contribution in [3.8, 4) is 0 Å². The number of hydrogen-bond donors (Lipinski definition) is 0. The predicted octanol–water partition coefficient (Wildman–Crippen LogP) is 1.02. The number of halogens is 1. The van der Waals surface area contributed by atoms with Gasteiger partial charge in [-0.05, 0) is 33.8 Å². The van der Waals surface area contributed by atoms with Crippen molar-refractivity contribution in [3.63, 3.8) is 0 Å². The molecular formula is C19H29ClN7O3P. The van der Waals surface area contributed by atoms with E-state index in [0.717, 1.165) is 11.0 Å². The Labute approximate surface area is 189 Å². The molecule has 0 unspecified atom stereocenters. The minimum absolute atomic E-state index is 0. The smallest absolute Gasteiger partial charge is 0.449 e. The molecule has 0 aliphatic rings. The van der Waals surface area contributed by atoms with Crippen molar-refractivity contribution in [2.75, 3.05) is 42.3 Å². The van der Waals surface area contributed by atoms with Crippen molar-refractivity contribution in [1.29, 1.82) is 0 Å². The maximum absolute atomic E-state index is 10.0. The van der Waals surface area contributed by atoms with E-state index in [-0.39, 0.29) is 18.8 Å². The number of carbonyl (C=O) groups excluding carboxylic acids is 1. The largest absolute Gasteiger partial charge is 0.550 e. The van der Waals surface area contributed by atoms with Gasteiger partial charge in [-0.25, -0.2) is 0 Å². The lowest BCUT2D eigenvalue weighted by Gasteiger charge is -2.35. The second-order valence-electron chi connectivity index (χ2n) is 7.00. The lowest BCUT2D eigenvalue weighted by Crippen LogP contribution is -2.42. The lowest BCUT2D eigenvalue weighted by atomic mass is 10.2. The van der Waals surface area contributed by atoms with Crippen LogP contribution in [-0.2, 0) is 11.2 Å². The van der Waals surface area contributed by atoms with Crippen LogP contribution in [0.3, 0.4) is 0 Å². The van der Waals surface area contributed by atoms with Crippen LogP contribution in [0.2, 0.25) is 0 Å². The number of benzene rings is 1. The van der Waals surface area contributed by atoms with Gasteiger partial charge in [0.15, 0.2) is 0 Å². The van der Waals surface area contributed by atoms with Gasteiger partial charge in [-0.1, -0.05) is 18.2 Å². The van der Waals surface area contributed by atoms with Crippen LogP contribution in [0.5, 0.6) is 0 Å². The molecule has 31 heavy (non-hydrogen) atoms. The first-order chi connectivity index (χ1) is 14.2. The number of hydrogen-bond acceptors (Lipinski definition) is 9. The summed E-state index contributed by atoms with van der Waals surface area (Å²) in [7, 11) is 9.90. The summed E-state index contributed by atoms with van der Waals surface area (Å²) in [6, 6.07) is 11.1. The molecule has 0 bridgehead atoms. The number of pyridine rings is 1. The molecule has 1 aromatic carbocycles. The summed E-state index contributed by atoms with van der Waals surface area (Å²) in [5.41, 5.74) is 2.35. The Morgan fingerprint density at radius 3 is 2.16 bits per heavy atom.